The molecule has 1 aromatic rings. The van der Waals surface area contributed by atoms with Crippen LogP contribution in [0, 0.1) is 0 Å². The maximum Gasteiger partial charge on any atom is 0.119 e. The van der Waals surface area contributed by atoms with Crippen molar-refractivity contribution in [2.45, 2.75) is 19.6 Å². The van der Waals surface area contributed by atoms with E-state index in [9.17, 15) is 0 Å². The van der Waals surface area contributed by atoms with Crippen molar-refractivity contribution in [3.05, 3.63) is 28.2 Å². The van der Waals surface area contributed by atoms with Crippen LogP contribution < -0.4 is 10.1 Å². The summed E-state index contributed by atoms with van der Waals surface area (Å²) in [6.45, 7) is 4.84. The zero-order chi connectivity index (χ0) is 14.1. The summed E-state index contributed by atoms with van der Waals surface area (Å²) in [5.74, 6) is 0.857. The Bertz CT molecular complexity index is 374. The number of hydrogen-bond acceptors (Lipinski definition) is 4. The summed E-state index contributed by atoms with van der Waals surface area (Å²) >= 11 is 3.54. The molecule has 0 aliphatic heterocycles. The van der Waals surface area contributed by atoms with E-state index in [4.69, 9.17) is 14.2 Å². The number of halogens is 1. The number of nitrogens with one attached hydrogen (secondary N) is 1. The summed E-state index contributed by atoms with van der Waals surface area (Å²) in [7, 11) is 3.38. The molecule has 0 aliphatic rings. The Hall–Kier alpha value is -0.620. The van der Waals surface area contributed by atoms with Crippen LogP contribution in [0.3, 0.4) is 0 Å². The highest BCUT2D eigenvalue weighted by Gasteiger charge is 2.05. The van der Waals surface area contributed by atoms with Crippen LogP contribution in [0.4, 0.5) is 0 Å². The monoisotopic (exact) mass is 331 g/mol. The highest BCUT2D eigenvalue weighted by molar-refractivity contribution is 9.10. The van der Waals surface area contributed by atoms with Gasteiger partial charge in [-0.05, 0) is 30.7 Å². The average molecular weight is 332 g/mol. The van der Waals surface area contributed by atoms with Crippen molar-refractivity contribution in [3.63, 3.8) is 0 Å². The highest BCUT2D eigenvalue weighted by Crippen LogP contribution is 2.22. The van der Waals surface area contributed by atoms with E-state index in [1.54, 1.807) is 14.2 Å². The van der Waals surface area contributed by atoms with Crippen molar-refractivity contribution >= 4 is 15.9 Å². The van der Waals surface area contributed by atoms with Gasteiger partial charge in [0.1, 0.15) is 12.4 Å². The molecule has 1 rings (SSSR count). The Morgan fingerprint density at radius 1 is 1.32 bits per heavy atom. The fraction of sp³-hybridized carbons (Fsp3) is 0.571. The van der Waals surface area contributed by atoms with Crippen LogP contribution in [-0.4, -0.2) is 40.1 Å². The molecule has 0 bridgehead atoms. The number of methoxy groups -OCH3 is 2. The molecule has 0 amide bonds. The molecule has 4 nitrogen and oxygen atoms in total. The Balaban J connectivity index is 2.51. The third-order valence-corrected chi connectivity index (χ3v) is 3.48. The predicted octanol–water partition coefficient (Wildman–Crippen LogP) is 2.60. The first kappa shape index (κ1) is 16.4. The normalized spacial score (nSPS) is 12.4. The average Bonchev–Trinajstić information content (AvgIpc) is 2.43. The SMILES string of the molecule is COCCNCc1cc(OCC(C)OC)ccc1Br. The van der Waals surface area contributed by atoms with Crippen LogP contribution in [0.15, 0.2) is 22.7 Å². The predicted molar refractivity (Wildman–Crippen MR) is 79.7 cm³/mol. The second-order valence-corrected chi connectivity index (χ2v) is 5.13. The summed E-state index contributed by atoms with van der Waals surface area (Å²) in [5.41, 5.74) is 1.17. The zero-order valence-electron chi connectivity index (χ0n) is 11.7. The first-order valence-corrected chi connectivity index (χ1v) is 7.10. The molecule has 0 spiro atoms. The van der Waals surface area contributed by atoms with Crippen LogP contribution in [0.5, 0.6) is 5.75 Å². The van der Waals surface area contributed by atoms with Crippen molar-refractivity contribution < 1.29 is 14.2 Å². The van der Waals surface area contributed by atoms with Crippen molar-refractivity contribution in [2.24, 2.45) is 0 Å². The molecule has 0 radical (unpaired) electrons. The Kier molecular flexibility index (Phi) is 8.05. The van der Waals surface area contributed by atoms with Crippen LogP contribution >= 0.6 is 15.9 Å². The fourth-order valence-electron chi connectivity index (χ4n) is 1.46. The van der Waals surface area contributed by atoms with E-state index < -0.39 is 0 Å². The maximum absolute atomic E-state index is 5.68. The van der Waals surface area contributed by atoms with Gasteiger partial charge in [-0.3, -0.25) is 0 Å². The van der Waals surface area contributed by atoms with Gasteiger partial charge in [0, 0.05) is 31.8 Å². The van der Waals surface area contributed by atoms with E-state index >= 15 is 0 Å². The lowest BCUT2D eigenvalue weighted by Crippen LogP contribution is -2.19. The minimum atomic E-state index is 0.0897. The molecule has 0 saturated heterocycles. The maximum atomic E-state index is 5.68. The molecule has 1 atom stereocenters. The van der Waals surface area contributed by atoms with Gasteiger partial charge in [0.05, 0.1) is 12.7 Å². The van der Waals surface area contributed by atoms with Crippen LogP contribution in [0.1, 0.15) is 12.5 Å². The van der Waals surface area contributed by atoms with Gasteiger partial charge in [-0.15, -0.1) is 0 Å². The molecule has 1 unspecified atom stereocenters. The molecule has 5 heteroatoms. The molecule has 0 saturated carbocycles. The standard InChI is InChI=1S/C14H22BrNO3/c1-11(18-3)10-19-13-4-5-14(15)12(8-13)9-16-6-7-17-2/h4-5,8,11,16H,6-7,9-10H2,1-3H3. The lowest BCUT2D eigenvalue weighted by atomic mass is 10.2. The second-order valence-electron chi connectivity index (χ2n) is 4.28. The third kappa shape index (κ3) is 6.38. The van der Waals surface area contributed by atoms with Gasteiger partial charge in [-0.25, -0.2) is 0 Å². The van der Waals surface area contributed by atoms with Gasteiger partial charge in [0.25, 0.3) is 0 Å². The van der Waals surface area contributed by atoms with E-state index in [1.165, 1.54) is 5.56 Å². The molecular formula is C14H22BrNO3. The lowest BCUT2D eigenvalue weighted by molar-refractivity contribution is 0.0716. The topological polar surface area (TPSA) is 39.7 Å². The van der Waals surface area contributed by atoms with E-state index in [2.05, 4.69) is 21.2 Å². The van der Waals surface area contributed by atoms with Crippen molar-refractivity contribution in [3.8, 4) is 5.75 Å². The van der Waals surface area contributed by atoms with E-state index in [0.29, 0.717) is 13.2 Å². The molecule has 0 heterocycles. The highest BCUT2D eigenvalue weighted by atomic mass is 79.9. The van der Waals surface area contributed by atoms with E-state index in [0.717, 1.165) is 23.3 Å². The zero-order valence-corrected chi connectivity index (χ0v) is 13.3. The van der Waals surface area contributed by atoms with E-state index in [-0.39, 0.29) is 6.10 Å². The van der Waals surface area contributed by atoms with Crippen LogP contribution in [0.2, 0.25) is 0 Å². The fourth-order valence-corrected chi connectivity index (χ4v) is 1.84. The first-order valence-electron chi connectivity index (χ1n) is 6.31. The second kappa shape index (κ2) is 9.31. The first-order chi connectivity index (χ1) is 9.17. The molecule has 1 aromatic carbocycles. The van der Waals surface area contributed by atoms with Gasteiger partial charge in [0.15, 0.2) is 0 Å². The van der Waals surface area contributed by atoms with Crippen molar-refractivity contribution in [1.82, 2.24) is 5.32 Å². The van der Waals surface area contributed by atoms with E-state index in [1.807, 2.05) is 25.1 Å². The van der Waals surface area contributed by atoms with Gasteiger partial charge >= 0.3 is 0 Å². The minimum absolute atomic E-state index is 0.0897. The molecule has 0 fully saturated rings. The Morgan fingerprint density at radius 3 is 2.79 bits per heavy atom. The summed E-state index contributed by atoms with van der Waals surface area (Å²) in [5, 5.41) is 3.31. The molecule has 0 aromatic heterocycles. The number of ether oxygens (including phenoxy) is 3. The van der Waals surface area contributed by atoms with Gasteiger partial charge in [0.2, 0.25) is 0 Å². The van der Waals surface area contributed by atoms with Crippen LogP contribution in [-0.2, 0) is 16.0 Å². The molecule has 19 heavy (non-hydrogen) atoms. The number of hydrogen-bond donors (Lipinski definition) is 1. The summed E-state index contributed by atoms with van der Waals surface area (Å²) in [4.78, 5) is 0. The Labute approximate surface area is 123 Å². The number of benzene rings is 1. The quantitative estimate of drug-likeness (QED) is 0.706. The summed E-state index contributed by atoms with van der Waals surface area (Å²) < 4.78 is 16.9. The minimum Gasteiger partial charge on any atom is -0.491 e. The van der Waals surface area contributed by atoms with Gasteiger partial charge < -0.3 is 19.5 Å². The Morgan fingerprint density at radius 2 is 2.11 bits per heavy atom. The summed E-state index contributed by atoms with van der Waals surface area (Å²) in [6, 6.07) is 5.98. The van der Waals surface area contributed by atoms with Gasteiger partial charge in [-0.1, -0.05) is 15.9 Å². The molecular weight excluding hydrogens is 310 g/mol. The number of rotatable bonds is 9. The van der Waals surface area contributed by atoms with Crippen molar-refractivity contribution in [1.29, 1.82) is 0 Å². The smallest absolute Gasteiger partial charge is 0.119 e. The summed E-state index contributed by atoms with van der Waals surface area (Å²) in [6.07, 6.45) is 0.0897. The lowest BCUT2D eigenvalue weighted by Gasteiger charge is -2.13. The molecule has 1 N–H and O–H groups in total. The molecule has 0 aliphatic carbocycles. The largest absolute Gasteiger partial charge is 0.491 e. The van der Waals surface area contributed by atoms with Crippen LogP contribution in [0.25, 0.3) is 0 Å². The van der Waals surface area contributed by atoms with Gasteiger partial charge in [-0.2, -0.15) is 0 Å². The molecule has 108 valence electrons. The van der Waals surface area contributed by atoms with Crippen molar-refractivity contribution in [2.75, 3.05) is 34.0 Å². The third-order valence-electron chi connectivity index (χ3n) is 2.70.